The Morgan fingerprint density at radius 1 is 1.03 bits per heavy atom. The molecule has 11 heteroatoms. The van der Waals surface area contributed by atoms with Crippen molar-refractivity contribution in [1.82, 2.24) is 9.13 Å². The number of amides is 2. The second kappa shape index (κ2) is 8.92. The number of para-hydroxylation sites is 1. The van der Waals surface area contributed by atoms with Crippen molar-refractivity contribution in [2.45, 2.75) is 13.1 Å². The highest BCUT2D eigenvalue weighted by Gasteiger charge is 2.18. The second-order valence-electron chi connectivity index (χ2n) is 6.48. The fourth-order valence-corrected chi connectivity index (χ4v) is 3.35. The molecule has 0 unspecified atom stereocenters. The van der Waals surface area contributed by atoms with Crippen LogP contribution in [0.3, 0.4) is 0 Å². The number of ether oxygens (including phenoxy) is 2. The van der Waals surface area contributed by atoms with Crippen molar-refractivity contribution in [1.29, 1.82) is 0 Å². The Labute approximate surface area is 180 Å². The zero-order chi connectivity index (χ0) is 22.7. The molecular formula is C20H19ClN4O6. The average molecular weight is 447 g/mol. The van der Waals surface area contributed by atoms with E-state index in [4.69, 9.17) is 26.8 Å². The number of methoxy groups -OCH3 is 2. The van der Waals surface area contributed by atoms with Crippen molar-refractivity contribution < 1.29 is 19.1 Å². The summed E-state index contributed by atoms with van der Waals surface area (Å²) in [6, 6.07) is 9.22. The number of aromatic nitrogens is 2. The highest BCUT2D eigenvalue weighted by Crippen LogP contribution is 2.35. The predicted octanol–water partition coefficient (Wildman–Crippen LogP) is 0.958. The SMILES string of the molecule is COc1cc(OC)c(NC(=O)Cn2c(=O)n(CC(N)=O)c(=O)c3ccccc32)cc1Cl. The smallest absolute Gasteiger partial charge is 0.332 e. The van der Waals surface area contributed by atoms with Crippen LogP contribution in [0.5, 0.6) is 11.5 Å². The number of fused-ring (bicyclic) bond motifs is 1. The third-order valence-electron chi connectivity index (χ3n) is 4.50. The Morgan fingerprint density at radius 3 is 2.35 bits per heavy atom. The van der Waals surface area contributed by atoms with Crippen LogP contribution in [0.2, 0.25) is 5.02 Å². The van der Waals surface area contributed by atoms with Gasteiger partial charge in [-0.15, -0.1) is 0 Å². The number of anilines is 1. The van der Waals surface area contributed by atoms with E-state index in [9.17, 15) is 19.2 Å². The Balaban J connectivity index is 2.03. The first-order valence-electron chi connectivity index (χ1n) is 8.98. The van der Waals surface area contributed by atoms with Gasteiger partial charge in [0, 0.05) is 6.07 Å². The molecule has 1 heterocycles. The quantitative estimate of drug-likeness (QED) is 0.555. The molecular weight excluding hydrogens is 428 g/mol. The molecule has 3 rings (SSSR count). The van der Waals surface area contributed by atoms with Gasteiger partial charge in [-0.25, -0.2) is 4.79 Å². The molecule has 3 aromatic rings. The van der Waals surface area contributed by atoms with Crippen LogP contribution in [0.25, 0.3) is 10.9 Å². The van der Waals surface area contributed by atoms with E-state index < -0.39 is 36.2 Å². The first kappa shape index (κ1) is 21.9. The molecule has 0 aliphatic rings. The number of nitrogens with zero attached hydrogens (tertiary/aromatic N) is 2. The number of halogens is 1. The Morgan fingerprint density at radius 2 is 1.71 bits per heavy atom. The number of hydrogen-bond acceptors (Lipinski definition) is 6. The van der Waals surface area contributed by atoms with Gasteiger partial charge >= 0.3 is 5.69 Å². The van der Waals surface area contributed by atoms with Crippen LogP contribution in [-0.4, -0.2) is 35.2 Å². The standard InChI is InChI=1S/C20H19ClN4O6/c1-30-15-8-16(31-2)13(7-12(15)21)23-18(27)10-24-14-6-4-3-5-11(14)19(28)25(20(24)29)9-17(22)26/h3-8H,9-10H2,1-2H3,(H2,22,26)(H,23,27). The molecule has 0 bridgehead atoms. The fraction of sp³-hybridized carbons (Fsp3) is 0.200. The van der Waals surface area contributed by atoms with Gasteiger partial charge in [0.25, 0.3) is 5.56 Å². The fourth-order valence-electron chi connectivity index (χ4n) is 3.11. The largest absolute Gasteiger partial charge is 0.495 e. The lowest BCUT2D eigenvalue weighted by Crippen LogP contribution is -2.44. The van der Waals surface area contributed by atoms with E-state index >= 15 is 0 Å². The number of benzene rings is 2. The van der Waals surface area contributed by atoms with Crippen molar-refractivity contribution >= 4 is 40.0 Å². The molecule has 31 heavy (non-hydrogen) atoms. The van der Waals surface area contributed by atoms with Gasteiger partial charge in [0.2, 0.25) is 11.8 Å². The molecule has 2 amide bonds. The van der Waals surface area contributed by atoms with Crippen LogP contribution in [0.15, 0.2) is 46.0 Å². The lowest BCUT2D eigenvalue weighted by molar-refractivity contribution is -0.118. The van der Waals surface area contributed by atoms with Gasteiger partial charge in [0.05, 0.1) is 35.8 Å². The van der Waals surface area contributed by atoms with Crippen molar-refractivity contribution in [2.24, 2.45) is 5.73 Å². The summed E-state index contributed by atoms with van der Waals surface area (Å²) in [6.45, 7) is -1.04. The summed E-state index contributed by atoms with van der Waals surface area (Å²) in [5.41, 5.74) is 4.17. The molecule has 1 aromatic heterocycles. The lowest BCUT2D eigenvalue weighted by atomic mass is 10.2. The van der Waals surface area contributed by atoms with Crippen LogP contribution in [-0.2, 0) is 22.7 Å². The number of primary amides is 1. The van der Waals surface area contributed by atoms with E-state index in [1.54, 1.807) is 12.1 Å². The molecule has 0 saturated carbocycles. The van der Waals surface area contributed by atoms with E-state index in [-0.39, 0.29) is 21.6 Å². The van der Waals surface area contributed by atoms with Gasteiger partial charge in [-0.1, -0.05) is 23.7 Å². The minimum absolute atomic E-state index is 0.168. The summed E-state index contributed by atoms with van der Waals surface area (Å²) in [5.74, 6) is -0.790. The zero-order valence-electron chi connectivity index (χ0n) is 16.7. The second-order valence-corrected chi connectivity index (χ2v) is 6.89. The maximum absolute atomic E-state index is 12.9. The van der Waals surface area contributed by atoms with Gasteiger partial charge in [0.1, 0.15) is 24.6 Å². The molecule has 2 aromatic carbocycles. The van der Waals surface area contributed by atoms with Gasteiger partial charge in [-0.05, 0) is 18.2 Å². The van der Waals surface area contributed by atoms with Crippen molar-refractivity contribution in [2.75, 3.05) is 19.5 Å². The Bertz CT molecular complexity index is 1300. The first-order chi connectivity index (χ1) is 14.8. The predicted molar refractivity (Wildman–Crippen MR) is 115 cm³/mol. The van der Waals surface area contributed by atoms with E-state index in [1.807, 2.05) is 0 Å². The third kappa shape index (κ3) is 4.38. The summed E-state index contributed by atoms with van der Waals surface area (Å²) in [5, 5.41) is 3.04. The average Bonchev–Trinajstić information content (AvgIpc) is 2.74. The first-order valence-corrected chi connectivity index (χ1v) is 9.36. The highest BCUT2D eigenvalue weighted by atomic mass is 35.5. The molecule has 0 radical (unpaired) electrons. The Hall–Kier alpha value is -3.79. The van der Waals surface area contributed by atoms with Gasteiger partial charge in [0.15, 0.2) is 0 Å². The van der Waals surface area contributed by atoms with Crippen molar-refractivity contribution in [3.05, 3.63) is 62.3 Å². The van der Waals surface area contributed by atoms with E-state index in [1.165, 1.54) is 38.5 Å². The van der Waals surface area contributed by atoms with E-state index in [0.29, 0.717) is 16.1 Å². The number of nitrogens with two attached hydrogens (primary N) is 1. The minimum atomic E-state index is -0.858. The zero-order valence-corrected chi connectivity index (χ0v) is 17.4. The van der Waals surface area contributed by atoms with Crippen LogP contribution in [0.4, 0.5) is 5.69 Å². The van der Waals surface area contributed by atoms with Gasteiger partial charge in [-0.2, -0.15) is 0 Å². The maximum Gasteiger partial charge on any atom is 0.332 e. The molecule has 0 saturated heterocycles. The monoisotopic (exact) mass is 446 g/mol. The molecule has 0 aliphatic heterocycles. The summed E-state index contributed by atoms with van der Waals surface area (Å²) in [6.07, 6.45) is 0. The molecule has 0 fully saturated rings. The number of nitrogens with one attached hydrogen (secondary N) is 1. The van der Waals surface area contributed by atoms with Crippen LogP contribution < -0.4 is 31.8 Å². The summed E-state index contributed by atoms with van der Waals surface area (Å²) in [4.78, 5) is 49.5. The van der Waals surface area contributed by atoms with Crippen LogP contribution in [0.1, 0.15) is 0 Å². The summed E-state index contributed by atoms with van der Waals surface area (Å²) < 4.78 is 12.2. The molecule has 162 valence electrons. The molecule has 0 aliphatic carbocycles. The van der Waals surface area contributed by atoms with Gasteiger partial charge < -0.3 is 20.5 Å². The number of hydrogen-bond donors (Lipinski definition) is 2. The number of rotatable bonds is 7. The van der Waals surface area contributed by atoms with Crippen molar-refractivity contribution in [3.63, 3.8) is 0 Å². The highest BCUT2D eigenvalue weighted by molar-refractivity contribution is 6.32. The molecule has 3 N–H and O–H groups in total. The Kier molecular flexibility index (Phi) is 6.30. The summed E-state index contributed by atoms with van der Waals surface area (Å²) in [7, 11) is 2.85. The molecule has 0 spiro atoms. The van der Waals surface area contributed by atoms with Crippen molar-refractivity contribution in [3.8, 4) is 11.5 Å². The normalized spacial score (nSPS) is 10.7. The maximum atomic E-state index is 12.9. The topological polar surface area (TPSA) is 135 Å². The van der Waals surface area contributed by atoms with E-state index in [2.05, 4.69) is 5.32 Å². The van der Waals surface area contributed by atoms with Crippen LogP contribution >= 0.6 is 11.6 Å². The lowest BCUT2D eigenvalue weighted by Gasteiger charge is -2.15. The summed E-state index contributed by atoms with van der Waals surface area (Å²) >= 11 is 6.12. The molecule has 0 atom stereocenters. The van der Waals surface area contributed by atoms with E-state index in [0.717, 1.165) is 4.57 Å². The third-order valence-corrected chi connectivity index (χ3v) is 4.79. The van der Waals surface area contributed by atoms with Crippen LogP contribution in [0, 0.1) is 0 Å². The minimum Gasteiger partial charge on any atom is -0.495 e. The molecule has 10 nitrogen and oxygen atoms in total. The number of carbonyl (C=O) groups is 2. The van der Waals surface area contributed by atoms with Gasteiger partial charge in [-0.3, -0.25) is 23.5 Å². The number of carbonyl (C=O) groups excluding carboxylic acids is 2.